The number of imidazole rings is 1. The lowest BCUT2D eigenvalue weighted by Gasteiger charge is -2.37. The van der Waals surface area contributed by atoms with Crippen LogP contribution in [0.2, 0.25) is 0 Å². The molecular formula is C24H30N6O. The number of aliphatic hydroxyl groups is 1. The van der Waals surface area contributed by atoms with Crippen LogP contribution in [-0.4, -0.2) is 48.6 Å². The van der Waals surface area contributed by atoms with Gasteiger partial charge < -0.3 is 20.8 Å². The number of aromatic nitrogens is 4. The predicted molar refractivity (Wildman–Crippen MR) is 125 cm³/mol. The average molecular weight is 419 g/mol. The van der Waals surface area contributed by atoms with Crippen molar-refractivity contribution in [1.29, 1.82) is 0 Å². The first kappa shape index (κ1) is 20.0. The van der Waals surface area contributed by atoms with Crippen LogP contribution < -0.4 is 5.73 Å². The first-order chi connectivity index (χ1) is 14.8. The largest absolute Gasteiger partial charge is 0.390 e. The van der Waals surface area contributed by atoms with Crippen LogP contribution in [0, 0.1) is 6.92 Å². The molecule has 0 radical (unpaired) electrons. The normalized spacial score (nSPS) is 22.0. The van der Waals surface area contributed by atoms with Crippen molar-refractivity contribution in [3.05, 3.63) is 41.7 Å². The number of H-pyrrole nitrogens is 2. The van der Waals surface area contributed by atoms with Crippen LogP contribution in [0.4, 0.5) is 5.82 Å². The van der Waals surface area contributed by atoms with Crippen molar-refractivity contribution in [2.45, 2.75) is 57.7 Å². The highest BCUT2D eigenvalue weighted by Gasteiger charge is 2.30. The van der Waals surface area contributed by atoms with Crippen LogP contribution in [0.15, 0.2) is 30.3 Å². The predicted octanol–water partition coefficient (Wildman–Crippen LogP) is 4.12. The highest BCUT2D eigenvalue weighted by atomic mass is 16.3. The minimum Gasteiger partial charge on any atom is -0.390 e. The molecule has 5 rings (SSSR count). The molecule has 0 bridgehead atoms. The van der Waals surface area contributed by atoms with Crippen molar-refractivity contribution < 1.29 is 5.11 Å². The zero-order chi connectivity index (χ0) is 21.8. The maximum absolute atomic E-state index is 10.2. The molecule has 1 aliphatic rings. The van der Waals surface area contributed by atoms with Gasteiger partial charge in [-0.3, -0.25) is 4.90 Å². The Labute approximate surface area is 181 Å². The van der Waals surface area contributed by atoms with Crippen LogP contribution in [0.5, 0.6) is 0 Å². The Morgan fingerprint density at radius 2 is 1.94 bits per heavy atom. The lowest BCUT2D eigenvalue weighted by atomic mass is 9.83. The molecule has 7 nitrogen and oxygen atoms in total. The summed E-state index contributed by atoms with van der Waals surface area (Å²) in [7, 11) is 2.19. The van der Waals surface area contributed by atoms with Gasteiger partial charge >= 0.3 is 0 Å². The van der Waals surface area contributed by atoms with E-state index in [4.69, 9.17) is 5.73 Å². The molecule has 31 heavy (non-hydrogen) atoms. The van der Waals surface area contributed by atoms with Gasteiger partial charge in [0.05, 0.1) is 11.1 Å². The minimum atomic E-state index is -0.493. The maximum atomic E-state index is 10.2. The second kappa shape index (κ2) is 7.35. The van der Waals surface area contributed by atoms with E-state index in [0.717, 1.165) is 60.3 Å². The van der Waals surface area contributed by atoms with Crippen molar-refractivity contribution in [2.24, 2.45) is 0 Å². The van der Waals surface area contributed by atoms with E-state index in [2.05, 4.69) is 56.1 Å². The molecule has 1 aliphatic carbocycles. The third-order valence-corrected chi connectivity index (χ3v) is 6.66. The fourth-order valence-electron chi connectivity index (χ4n) is 4.84. The average Bonchev–Trinajstić information content (AvgIpc) is 3.29. The number of aryl methyl sites for hydroxylation is 1. The van der Waals surface area contributed by atoms with Gasteiger partial charge in [0.15, 0.2) is 5.65 Å². The molecule has 1 aromatic carbocycles. The first-order valence-corrected chi connectivity index (χ1v) is 10.9. The summed E-state index contributed by atoms with van der Waals surface area (Å²) in [5.41, 5.74) is 11.4. The van der Waals surface area contributed by atoms with Gasteiger partial charge in [0.2, 0.25) is 0 Å². The molecule has 3 aromatic heterocycles. The highest BCUT2D eigenvalue weighted by molar-refractivity contribution is 5.95. The fraction of sp³-hybridized carbons (Fsp3) is 0.417. The lowest BCUT2D eigenvalue weighted by Crippen LogP contribution is -2.40. The van der Waals surface area contributed by atoms with Crippen molar-refractivity contribution in [2.75, 3.05) is 12.8 Å². The third kappa shape index (κ3) is 3.91. The van der Waals surface area contributed by atoms with Gasteiger partial charge in [-0.15, -0.1) is 0 Å². The molecule has 3 heterocycles. The zero-order valence-electron chi connectivity index (χ0n) is 18.4. The number of aromatic amines is 2. The number of rotatable bonds is 4. The van der Waals surface area contributed by atoms with Crippen LogP contribution in [0.1, 0.15) is 44.0 Å². The van der Waals surface area contributed by atoms with Gasteiger partial charge in [0.25, 0.3) is 0 Å². The standard InChI is InChI=1S/C24H30N6O/c1-14-26-22-18(12-21(25)29-23(22)27-14)20-11-16-10-15(4-5-19(16)28-20)13-30(3)17-6-8-24(2,31)9-7-17/h4-5,10-12,17,28,31H,6-9,13H2,1-3H3,(H3,25,26,27,29). The number of nitrogens with one attached hydrogen (secondary N) is 2. The Bertz CT molecular complexity index is 1240. The Balaban J connectivity index is 1.41. The molecule has 0 saturated heterocycles. The van der Waals surface area contributed by atoms with Crippen molar-refractivity contribution >= 4 is 27.9 Å². The van der Waals surface area contributed by atoms with E-state index in [1.165, 1.54) is 10.9 Å². The topological polar surface area (TPSA) is 107 Å². The molecule has 0 unspecified atom stereocenters. The number of benzene rings is 1. The van der Waals surface area contributed by atoms with E-state index in [1.54, 1.807) is 0 Å². The number of nitrogens with two attached hydrogens (primary N) is 1. The molecule has 0 amide bonds. The second-order valence-electron chi connectivity index (χ2n) is 9.36. The number of anilines is 1. The molecule has 7 heteroatoms. The molecule has 1 saturated carbocycles. The molecule has 1 fully saturated rings. The number of nitrogens with zero attached hydrogens (tertiary/aromatic N) is 3. The summed E-state index contributed by atoms with van der Waals surface area (Å²) >= 11 is 0. The van der Waals surface area contributed by atoms with Crippen LogP contribution >= 0.6 is 0 Å². The van der Waals surface area contributed by atoms with Gasteiger partial charge in [-0.1, -0.05) is 6.07 Å². The monoisotopic (exact) mass is 418 g/mol. The summed E-state index contributed by atoms with van der Waals surface area (Å²) in [6.07, 6.45) is 3.84. The molecule has 162 valence electrons. The molecule has 4 aromatic rings. The third-order valence-electron chi connectivity index (χ3n) is 6.66. The van der Waals surface area contributed by atoms with E-state index in [0.29, 0.717) is 17.5 Å². The summed E-state index contributed by atoms with van der Waals surface area (Å²) in [5, 5.41) is 11.4. The Kier molecular flexibility index (Phi) is 4.75. The number of pyridine rings is 1. The zero-order valence-corrected chi connectivity index (χ0v) is 18.4. The summed E-state index contributed by atoms with van der Waals surface area (Å²) in [6.45, 7) is 4.77. The van der Waals surface area contributed by atoms with Crippen LogP contribution in [0.3, 0.4) is 0 Å². The lowest BCUT2D eigenvalue weighted by molar-refractivity contribution is -0.00231. The Hall–Kier alpha value is -2.90. The molecule has 0 atom stereocenters. The molecular weight excluding hydrogens is 388 g/mol. The van der Waals surface area contributed by atoms with E-state index in [1.807, 2.05) is 19.9 Å². The van der Waals surface area contributed by atoms with Crippen LogP contribution in [0.25, 0.3) is 33.3 Å². The van der Waals surface area contributed by atoms with Crippen molar-refractivity contribution in [1.82, 2.24) is 24.8 Å². The minimum absolute atomic E-state index is 0.460. The SMILES string of the molecule is Cc1nc2nc(N)cc(-c3cc4cc(CN(C)C5CCC(C)(O)CC5)ccc4[nH]3)c2[nH]1. The fourth-order valence-corrected chi connectivity index (χ4v) is 4.84. The van der Waals surface area contributed by atoms with E-state index in [-0.39, 0.29) is 0 Å². The van der Waals surface area contributed by atoms with Gasteiger partial charge in [-0.25, -0.2) is 9.97 Å². The number of fused-ring (bicyclic) bond motifs is 2. The smallest absolute Gasteiger partial charge is 0.180 e. The second-order valence-corrected chi connectivity index (χ2v) is 9.36. The van der Waals surface area contributed by atoms with Crippen molar-refractivity contribution in [3.63, 3.8) is 0 Å². The molecule has 5 N–H and O–H groups in total. The summed E-state index contributed by atoms with van der Waals surface area (Å²) in [4.78, 5) is 18.0. The van der Waals surface area contributed by atoms with Crippen LogP contribution in [-0.2, 0) is 6.54 Å². The van der Waals surface area contributed by atoms with Gasteiger partial charge in [-0.05, 0) is 76.4 Å². The van der Waals surface area contributed by atoms with E-state index < -0.39 is 5.60 Å². The summed E-state index contributed by atoms with van der Waals surface area (Å²) < 4.78 is 0. The van der Waals surface area contributed by atoms with E-state index >= 15 is 0 Å². The number of nitrogen functional groups attached to an aromatic ring is 1. The number of hydrogen-bond donors (Lipinski definition) is 4. The quantitative estimate of drug-likeness (QED) is 0.399. The summed E-state index contributed by atoms with van der Waals surface area (Å²) in [6, 6.07) is 11.2. The van der Waals surface area contributed by atoms with Gasteiger partial charge in [0, 0.05) is 34.7 Å². The maximum Gasteiger partial charge on any atom is 0.180 e. The Morgan fingerprint density at radius 3 is 2.71 bits per heavy atom. The first-order valence-electron chi connectivity index (χ1n) is 10.9. The number of hydrogen-bond acceptors (Lipinski definition) is 5. The van der Waals surface area contributed by atoms with Gasteiger partial charge in [-0.2, -0.15) is 0 Å². The Morgan fingerprint density at radius 1 is 1.16 bits per heavy atom. The highest BCUT2D eigenvalue weighted by Crippen LogP contribution is 2.32. The summed E-state index contributed by atoms with van der Waals surface area (Å²) in [5.74, 6) is 1.28. The molecule has 0 spiro atoms. The molecule has 0 aliphatic heterocycles. The van der Waals surface area contributed by atoms with Crippen molar-refractivity contribution in [3.8, 4) is 11.3 Å². The van der Waals surface area contributed by atoms with E-state index in [9.17, 15) is 5.11 Å². The van der Waals surface area contributed by atoms with Gasteiger partial charge in [0.1, 0.15) is 11.6 Å².